The van der Waals surface area contributed by atoms with E-state index in [0.717, 1.165) is 48.2 Å². The number of halogens is 4. The van der Waals surface area contributed by atoms with Gasteiger partial charge in [0, 0.05) is 35.9 Å². The summed E-state index contributed by atoms with van der Waals surface area (Å²) in [6.07, 6.45) is 2.33. The van der Waals surface area contributed by atoms with Gasteiger partial charge in [0.2, 0.25) is 5.91 Å². The van der Waals surface area contributed by atoms with Crippen LogP contribution in [0.4, 0.5) is 8.78 Å². The van der Waals surface area contributed by atoms with E-state index in [-0.39, 0.29) is 46.6 Å². The van der Waals surface area contributed by atoms with Gasteiger partial charge in [-0.15, -0.1) is 12.4 Å². The standard InChI is InChI=1S/C26H26BrF2N3O3.ClH/c1-15-20(11-16-4-6-17(7-5-16)13-31-25(33)22-3-2-10-30-22)24(23(27)26(34)32-15)35-14-18-8-9-19(28)12-21(18)29;/h4-9,12,22,30H,2-3,10-11,13-14H2,1H3,(H,31,33)(H,32,34);1H/t22-;/m0./s1. The highest BCUT2D eigenvalue weighted by Gasteiger charge is 2.21. The zero-order chi connectivity index (χ0) is 24.9. The Balaban J connectivity index is 0.00000361. The molecule has 1 saturated heterocycles. The molecule has 0 saturated carbocycles. The van der Waals surface area contributed by atoms with E-state index in [9.17, 15) is 18.4 Å². The predicted octanol–water partition coefficient (Wildman–Crippen LogP) is 4.68. The van der Waals surface area contributed by atoms with E-state index in [1.54, 1.807) is 6.92 Å². The lowest BCUT2D eigenvalue weighted by Gasteiger charge is -2.16. The van der Waals surface area contributed by atoms with Gasteiger partial charge in [-0.2, -0.15) is 0 Å². The molecule has 1 aliphatic rings. The lowest BCUT2D eigenvalue weighted by atomic mass is 10.0. The second kappa shape index (κ2) is 12.5. The van der Waals surface area contributed by atoms with Gasteiger partial charge in [0.05, 0.1) is 6.04 Å². The first-order valence-corrected chi connectivity index (χ1v) is 12.2. The third kappa shape index (κ3) is 6.72. The van der Waals surface area contributed by atoms with Crippen LogP contribution in [0.1, 0.15) is 40.8 Å². The first kappa shape index (κ1) is 27.8. The van der Waals surface area contributed by atoms with Crippen LogP contribution in [0.15, 0.2) is 51.7 Å². The fourth-order valence-corrected chi connectivity index (χ4v) is 4.51. The fourth-order valence-electron chi connectivity index (χ4n) is 4.06. The molecule has 1 aromatic heterocycles. The molecular formula is C26H27BrClF2N3O3. The Hall–Kier alpha value is -2.75. The molecule has 192 valence electrons. The molecule has 3 N–H and O–H groups in total. The smallest absolute Gasteiger partial charge is 0.266 e. The Kier molecular flexibility index (Phi) is 9.64. The van der Waals surface area contributed by atoms with E-state index in [4.69, 9.17) is 4.74 Å². The highest BCUT2D eigenvalue weighted by atomic mass is 79.9. The van der Waals surface area contributed by atoms with Crippen LogP contribution in [0, 0.1) is 18.6 Å². The molecule has 0 radical (unpaired) electrons. The highest BCUT2D eigenvalue weighted by Crippen LogP contribution is 2.31. The molecule has 6 nitrogen and oxygen atoms in total. The average molecular weight is 583 g/mol. The summed E-state index contributed by atoms with van der Waals surface area (Å²) in [4.78, 5) is 27.3. The summed E-state index contributed by atoms with van der Waals surface area (Å²) >= 11 is 3.29. The van der Waals surface area contributed by atoms with E-state index in [0.29, 0.717) is 24.4 Å². The highest BCUT2D eigenvalue weighted by molar-refractivity contribution is 9.10. The van der Waals surface area contributed by atoms with E-state index in [1.165, 1.54) is 6.07 Å². The Labute approximate surface area is 222 Å². The van der Waals surface area contributed by atoms with Gasteiger partial charge in [0.25, 0.3) is 5.56 Å². The zero-order valence-electron chi connectivity index (χ0n) is 19.6. The zero-order valence-corrected chi connectivity index (χ0v) is 22.0. The number of aromatic nitrogens is 1. The van der Waals surface area contributed by atoms with Crippen LogP contribution in [-0.2, 0) is 24.4 Å². The van der Waals surface area contributed by atoms with Crippen LogP contribution in [0.2, 0.25) is 0 Å². The maximum Gasteiger partial charge on any atom is 0.266 e. The topological polar surface area (TPSA) is 83.2 Å². The molecule has 3 aromatic rings. The number of hydrogen-bond donors (Lipinski definition) is 3. The summed E-state index contributed by atoms with van der Waals surface area (Å²) in [5.74, 6) is -1.05. The number of amides is 1. The molecule has 2 aromatic carbocycles. The molecule has 0 aliphatic carbocycles. The largest absolute Gasteiger partial charge is 0.487 e. The molecule has 1 amide bonds. The second-order valence-electron chi connectivity index (χ2n) is 8.59. The van der Waals surface area contributed by atoms with Gasteiger partial charge in [-0.1, -0.05) is 24.3 Å². The normalized spacial score (nSPS) is 14.8. The van der Waals surface area contributed by atoms with Gasteiger partial charge in [0.1, 0.15) is 28.5 Å². The Morgan fingerprint density at radius 2 is 1.89 bits per heavy atom. The van der Waals surface area contributed by atoms with Crippen molar-refractivity contribution in [3.63, 3.8) is 0 Å². The van der Waals surface area contributed by atoms with Crippen LogP contribution in [0.3, 0.4) is 0 Å². The molecule has 10 heteroatoms. The first-order valence-electron chi connectivity index (χ1n) is 11.4. The molecule has 0 bridgehead atoms. The van der Waals surface area contributed by atoms with Crippen LogP contribution >= 0.6 is 28.3 Å². The minimum atomic E-state index is -0.712. The number of aromatic amines is 1. The van der Waals surface area contributed by atoms with Crippen molar-refractivity contribution in [1.29, 1.82) is 0 Å². The van der Waals surface area contributed by atoms with E-state index >= 15 is 0 Å². The maximum atomic E-state index is 14.1. The Morgan fingerprint density at radius 3 is 2.56 bits per heavy atom. The van der Waals surface area contributed by atoms with Gasteiger partial charge in [-0.05, 0) is 65.5 Å². The predicted molar refractivity (Wildman–Crippen MR) is 140 cm³/mol. The third-order valence-corrected chi connectivity index (χ3v) is 6.78. The van der Waals surface area contributed by atoms with Crippen LogP contribution in [0.5, 0.6) is 5.75 Å². The fraction of sp³-hybridized carbons (Fsp3) is 0.308. The summed E-state index contributed by atoms with van der Waals surface area (Å²) in [5.41, 5.74) is 3.14. The van der Waals surface area contributed by atoms with Crippen molar-refractivity contribution in [2.24, 2.45) is 0 Å². The number of aryl methyl sites for hydroxylation is 1. The minimum absolute atomic E-state index is 0. The second-order valence-corrected chi connectivity index (χ2v) is 9.38. The molecule has 4 rings (SSSR count). The van der Waals surface area contributed by atoms with Gasteiger partial charge in [-0.3, -0.25) is 9.59 Å². The van der Waals surface area contributed by atoms with Gasteiger partial charge < -0.3 is 20.4 Å². The first-order chi connectivity index (χ1) is 16.8. The number of ether oxygens (including phenoxy) is 1. The summed E-state index contributed by atoms with van der Waals surface area (Å²) < 4.78 is 33.4. The van der Waals surface area contributed by atoms with Crippen molar-refractivity contribution in [1.82, 2.24) is 15.6 Å². The number of rotatable bonds is 8. The van der Waals surface area contributed by atoms with Crippen LogP contribution in [0.25, 0.3) is 0 Å². The third-order valence-electron chi connectivity index (χ3n) is 6.06. The van der Waals surface area contributed by atoms with Crippen LogP contribution < -0.4 is 20.9 Å². The minimum Gasteiger partial charge on any atom is -0.487 e. The van der Waals surface area contributed by atoms with Crippen molar-refractivity contribution in [3.05, 3.63) is 96.9 Å². The quantitative estimate of drug-likeness (QED) is 0.360. The molecule has 0 spiro atoms. The van der Waals surface area contributed by atoms with Crippen molar-refractivity contribution in [2.45, 2.75) is 45.4 Å². The van der Waals surface area contributed by atoms with Crippen molar-refractivity contribution in [2.75, 3.05) is 6.54 Å². The molecule has 1 fully saturated rings. The number of nitrogens with one attached hydrogen (secondary N) is 3. The number of benzene rings is 2. The summed E-state index contributed by atoms with van der Waals surface area (Å²) in [7, 11) is 0. The van der Waals surface area contributed by atoms with E-state index in [1.807, 2.05) is 24.3 Å². The summed E-state index contributed by atoms with van der Waals surface area (Å²) in [6.45, 7) is 2.93. The molecule has 0 unspecified atom stereocenters. The molecule has 36 heavy (non-hydrogen) atoms. The van der Waals surface area contributed by atoms with Gasteiger partial charge >= 0.3 is 0 Å². The van der Waals surface area contributed by atoms with Gasteiger partial charge in [0.15, 0.2) is 0 Å². The number of pyridine rings is 1. The number of hydrogen-bond acceptors (Lipinski definition) is 4. The summed E-state index contributed by atoms with van der Waals surface area (Å²) in [6, 6.07) is 11.0. The monoisotopic (exact) mass is 581 g/mol. The van der Waals surface area contributed by atoms with Crippen molar-refractivity contribution in [3.8, 4) is 5.75 Å². The van der Waals surface area contributed by atoms with Gasteiger partial charge in [-0.25, -0.2) is 8.78 Å². The van der Waals surface area contributed by atoms with Crippen molar-refractivity contribution < 1.29 is 18.3 Å². The Morgan fingerprint density at radius 1 is 1.17 bits per heavy atom. The lowest BCUT2D eigenvalue weighted by Crippen LogP contribution is -2.39. The number of carbonyl (C=O) groups excluding carboxylic acids is 1. The summed E-state index contributed by atoms with van der Waals surface area (Å²) in [5, 5.41) is 6.14. The van der Waals surface area contributed by atoms with E-state index in [2.05, 4.69) is 31.5 Å². The SMILES string of the molecule is Cc1[nH]c(=O)c(Br)c(OCc2ccc(F)cc2F)c1Cc1ccc(CNC(=O)[C@@H]2CCCN2)cc1.Cl. The molecule has 1 atom stereocenters. The molecule has 2 heterocycles. The Bertz CT molecular complexity index is 1280. The van der Waals surface area contributed by atoms with Crippen molar-refractivity contribution >= 4 is 34.2 Å². The van der Waals surface area contributed by atoms with Crippen LogP contribution in [-0.4, -0.2) is 23.5 Å². The number of H-pyrrole nitrogens is 1. The maximum absolute atomic E-state index is 14.1. The van der Waals surface area contributed by atoms with E-state index < -0.39 is 11.6 Å². The lowest BCUT2D eigenvalue weighted by molar-refractivity contribution is -0.122. The molecule has 1 aliphatic heterocycles. The average Bonchev–Trinajstić information content (AvgIpc) is 3.38. The number of carbonyl (C=O) groups is 1. The molecular weight excluding hydrogens is 556 g/mol.